The van der Waals surface area contributed by atoms with E-state index in [9.17, 15) is 5.11 Å². The zero-order valence-corrected chi connectivity index (χ0v) is 16.2. The van der Waals surface area contributed by atoms with Crippen molar-refractivity contribution in [3.05, 3.63) is 71.8 Å². The van der Waals surface area contributed by atoms with E-state index in [2.05, 4.69) is 19.2 Å². The highest BCUT2D eigenvalue weighted by Crippen LogP contribution is 2.39. The summed E-state index contributed by atoms with van der Waals surface area (Å²) in [6, 6.07) is 20.1. The van der Waals surface area contributed by atoms with Gasteiger partial charge in [-0.1, -0.05) is 86.3 Å². The highest BCUT2D eigenvalue weighted by atomic mass is 16.3. The number of rotatable bonds is 6. The third kappa shape index (κ3) is 4.02. The smallest absolute Gasteiger partial charge is 0.132 e. The molecule has 1 fully saturated rings. The van der Waals surface area contributed by atoms with Gasteiger partial charge in [0.25, 0.3) is 0 Å². The molecule has 140 valence electrons. The van der Waals surface area contributed by atoms with Crippen LogP contribution < -0.4 is 5.32 Å². The van der Waals surface area contributed by atoms with Crippen LogP contribution in [-0.2, 0) is 5.60 Å². The molecule has 1 aliphatic rings. The Labute approximate surface area is 158 Å². The number of nitrogens with one attached hydrogen (secondary N) is 1. The fraction of sp³-hybridized carbons (Fsp3) is 0.500. The lowest BCUT2D eigenvalue weighted by Gasteiger charge is -2.45. The molecule has 1 saturated carbocycles. The molecule has 2 aromatic rings. The summed E-state index contributed by atoms with van der Waals surface area (Å²) in [6.45, 7) is 5.22. The Kier molecular flexibility index (Phi) is 6.16. The summed E-state index contributed by atoms with van der Waals surface area (Å²) in [5.41, 5.74) is 0.302. The average Bonchev–Trinajstić information content (AvgIpc) is 2.96. The quantitative estimate of drug-likeness (QED) is 0.696. The van der Waals surface area contributed by atoms with Crippen molar-refractivity contribution in [2.75, 3.05) is 6.54 Å². The fourth-order valence-electron chi connectivity index (χ4n) is 4.34. The van der Waals surface area contributed by atoms with Gasteiger partial charge in [-0.05, 0) is 50.3 Å². The summed E-state index contributed by atoms with van der Waals surface area (Å²) in [4.78, 5) is 0. The molecule has 3 rings (SSSR count). The van der Waals surface area contributed by atoms with Crippen LogP contribution in [0.4, 0.5) is 0 Å². The van der Waals surface area contributed by atoms with E-state index in [0.717, 1.165) is 17.7 Å². The van der Waals surface area contributed by atoms with Crippen molar-refractivity contribution < 1.29 is 5.11 Å². The number of benzene rings is 2. The first-order valence-corrected chi connectivity index (χ1v) is 10.1. The number of hydrogen-bond donors (Lipinski definition) is 2. The van der Waals surface area contributed by atoms with Crippen LogP contribution in [0.5, 0.6) is 0 Å². The summed E-state index contributed by atoms with van der Waals surface area (Å²) >= 11 is 0. The Morgan fingerprint density at radius 1 is 0.808 bits per heavy atom. The third-order valence-electron chi connectivity index (χ3n) is 6.10. The first-order chi connectivity index (χ1) is 12.5. The molecule has 1 aliphatic carbocycles. The second kappa shape index (κ2) is 8.37. The highest BCUT2D eigenvalue weighted by molar-refractivity contribution is 5.40. The van der Waals surface area contributed by atoms with Crippen molar-refractivity contribution in [3.8, 4) is 0 Å². The second-order valence-electron chi connectivity index (χ2n) is 8.31. The van der Waals surface area contributed by atoms with Gasteiger partial charge < -0.3 is 10.4 Å². The van der Waals surface area contributed by atoms with Gasteiger partial charge in [0.2, 0.25) is 0 Å². The maximum atomic E-state index is 12.0. The SMILES string of the molecule is CC(C)(NCC1CCCCCC1)C(O)(c1ccccc1)c1ccccc1. The van der Waals surface area contributed by atoms with Crippen molar-refractivity contribution in [3.63, 3.8) is 0 Å². The monoisotopic (exact) mass is 351 g/mol. The molecule has 0 spiro atoms. The number of aliphatic hydroxyl groups is 1. The van der Waals surface area contributed by atoms with Crippen LogP contribution >= 0.6 is 0 Å². The van der Waals surface area contributed by atoms with Gasteiger partial charge in [-0.25, -0.2) is 0 Å². The maximum Gasteiger partial charge on any atom is 0.132 e. The Balaban J connectivity index is 1.87. The first kappa shape index (κ1) is 19.1. The van der Waals surface area contributed by atoms with Crippen LogP contribution in [0.1, 0.15) is 63.5 Å². The van der Waals surface area contributed by atoms with Gasteiger partial charge in [0.15, 0.2) is 0 Å². The Morgan fingerprint density at radius 3 is 1.73 bits per heavy atom. The molecule has 0 aliphatic heterocycles. The van der Waals surface area contributed by atoms with Gasteiger partial charge in [-0.3, -0.25) is 0 Å². The molecule has 2 N–H and O–H groups in total. The lowest BCUT2D eigenvalue weighted by atomic mass is 9.72. The van der Waals surface area contributed by atoms with Gasteiger partial charge in [0.1, 0.15) is 5.60 Å². The average molecular weight is 352 g/mol. The second-order valence-corrected chi connectivity index (χ2v) is 8.31. The van der Waals surface area contributed by atoms with Crippen molar-refractivity contribution in [2.24, 2.45) is 5.92 Å². The normalized spacial score (nSPS) is 17.0. The minimum atomic E-state index is -1.08. The molecular weight excluding hydrogens is 318 g/mol. The van der Waals surface area contributed by atoms with E-state index in [0.29, 0.717) is 5.92 Å². The molecule has 26 heavy (non-hydrogen) atoms. The molecule has 0 saturated heterocycles. The first-order valence-electron chi connectivity index (χ1n) is 10.1. The molecule has 0 unspecified atom stereocenters. The van der Waals surface area contributed by atoms with E-state index in [-0.39, 0.29) is 0 Å². The zero-order chi connectivity index (χ0) is 18.5. The van der Waals surface area contributed by atoms with Crippen LogP contribution in [0, 0.1) is 5.92 Å². The molecule has 2 heteroatoms. The predicted molar refractivity (Wildman–Crippen MR) is 109 cm³/mol. The Hall–Kier alpha value is -1.64. The molecule has 0 radical (unpaired) electrons. The molecule has 0 aromatic heterocycles. The zero-order valence-electron chi connectivity index (χ0n) is 16.2. The topological polar surface area (TPSA) is 32.3 Å². The van der Waals surface area contributed by atoms with Gasteiger partial charge in [0.05, 0.1) is 0 Å². The minimum absolute atomic E-state index is 0.484. The molecule has 2 nitrogen and oxygen atoms in total. The van der Waals surface area contributed by atoms with Crippen molar-refractivity contribution in [1.82, 2.24) is 5.32 Å². The van der Waals surface area contributed by atoms with Gasteiger partial charge in [-0.15, -0.1) is 0 Å². The largest absolute Gasteiger partial charge is 0.378 e. The van der Waals surface area contributed by atoms with E-state index in [4.69, 9.17) is 0 Å². The molecule has 0 heterocycles. The number of hydrogen-bond acceptors (Lipinski definition) is 2. The van der Waals surface area contributed by atoms with Crippen LogP contribution in [0.3, 0.4) is 0 Å². The van der Waals surface area contributed by atoms with Crippen molar-refractivity contribution >= 4 is 0 Å². The van der Waals surface area contributed by atoms with Crippen LogP contribution in [0.15, 0.2) is 60.7 Å². The molecule has 0 bridgehead atoms. The molecular formula is C24H33NO. The van der Waals surface area contributed by atoms with Crippen LogP contribution in [0.2, 0.25) is 0 Å². The van der Waals surface area contributed by atoms with E-state index in [1.54, 1.807) is 0 Å². The van der Waals surface area contributed by atoms with Crippen molar-refractivity contribution in [1.29, 1.82) is 0 Å². The van der Waals surface area contributed by atoms with E-state index in [1.807, 2.05) is 60.7 Å². The Morgan fingerprint density at radius 2 is 1.27 bits per heavy atom. The van der Waals surface area contributed by atoms with Gasteiger partial charge in [0, 0.05) is 5.54 Å². The molecule has 0 atom stereocenters. The summed E-state index contributed by atoms with van der Waals surface area (Å²) in [5.74, 6) is 0.715. The maximum absolute atomic E-state index is 12.0. The highest BCUT2D eigenvalue weighted by Gasteiger charge is 2.46. The lowest BCUT2D eigenvalue weighted by molar-refractivity contribution is -0.00793. The third-order valence-corrected chi connectivity index (χ3v) is 6.10. The van der Waals surface area contributed by atoms with E-state index >= 15 is 0 Å². The van der Waals surface area contributed by atoms with E-state index < -0.39 is 11.1 Å². The van der Waals surface area contributed by atoms with Crippen LogP contribution in [-0.4, -0.2) is 17.2 Å². The fourth-order valence-corrected chi connectivity index (χ4v) is 4.34. The lowest BCUT2D eigenvalue weighted by Crippen LogP contribution is -2.58. The molecule has 0 amide bonds. The summed E-state index contributed by atoms with van der Waals surface area (Å²) in [7, 11) is 0. The van der Waals surface area contributed by atoms with E-state index in [1.165, 1.54) is 38.5 Å². The van der Waals surface area contributed by atoms with Crippen LogP contribution in [0.25, 0.3) is 0 Å². The molecule has 2 aromatic carbocycles. The summed E-state index contributed by atoms with van der Waals surface area (Å²) < 4.78 is 0. The minimum Gasteiger partial charge on any atom is -0.378 e. The standard InChI is InChI=1S/C24H33NO/c1-23(2,25-19-20-13-7-3-4-8-14-20)24(26,21-15-9-5-10-16-21)22-17-11-6-12-18-22/h5-6,9-12,15-18,20,25-26H,3-4,7-8,13-14,19H2,1-2H3. The summed E-state index contributed by atoms with van der Waals surface area (Å²) in [6.07, 6.45) is 8.04. The Bertz CT molecular complexity index is 618. The van der Waals surface area contributed by atoms with Gasteiger partial charge in [-0.2, -0.15) is 0 Å². The summed E-state index contributed by atoms with van der Waals surface area (Å²) in [5, 5.41) is 15.7. The van der Waals surface area contributed by atoms with Gasteiger partial charge >= 0.3 is 0 Å². The predicted octanol–water partition coefficient (Wildman–Crippen LogP) is 5.26. The van der Waals surface area contributed by atoms with Crippen molar-refractivity contribution in [2.45, 2.75) is 63.5 Å².